The van der Waals surface area contributed by atoms with Crippen LogP contribution >= 0.6 is 0 Å². The van der Waals surface area contributed by atoms with Gasteiger partial charge >= 0.3 is 12.0 Å². The smallest absolute Gasteiger partial charge is 0.328 e. The fourth-order valence-electron chi connectivity index (χ4n) is 1.31. The number of amides is 3. The number of aliphatic carboxylic acids is 1. The van der Waals surface area contributed by atoms with Crippen molar-refractivity contribution in [1.82, 2.24) is 5.32 Å². The molecule has 0 fully saturated rings. The highest BCUT2D eigenvalue weighted by Crippen LogP contribution is 2.15. The zero-order chi connectivity index (χ0) is 15.1. The standard InChI is InChI=1S/C13H15N3O4/c1-16(2)10-5-3-9(4-6-10)14-13(20)15-11(17)7-8-12(18)19/h3-8H,1-2H3,(H,18,19)(H2,14,15,17,20)/b8-7+. The lowest BCUT2D eigenvalue weighted by Gasteiger charge is -2.13. The predicted molar refractivity (Wildman–Crippen MR) is 74.7 cm³/mol. The molecule has 0 spiro atoms. The van der Waals surface area contributed by atoms with Gasteiger partial charge in [0, 0.05) is 37.6 Å². The number of imide groups is 1. The Hall–Kier alpha value is -2.83. The number of hydrogen-bond donors (Lipinski definition) is 3. The third kappa shape index (κ3) is 5.21. The van der Waals surface area contributed by atoms with E-state index < -0.39 is 17.9 Å². The van der Waals surface area contributed by atoms with E-state index in [0.717, 1.165) is 11.8 Å². The number of carboxylic acid groups (broad SMARTS) is 1. The van der Waals surface area contributed by atoms with Crippen LogP contribution in [0.3, 0.4) is 0 Å². The monoisotopic (exact) mass is 277 g/mol. The zero-order valence-electron chi connectivity index (χ0n) is 11.1. The highest BCUT2D eigenvalue weighted by molar-refractivity contribution is 6.06. The Morgan fingerprint density at radius 1 is 1.10 bits per heavy atom. The summed E-state index contributed by atoms with van der Waals surface area (Å²) in [7, 11) is 3.78. The molecule has 0 aliphatic carbocycles. The molecule has 0 aliphatic heterocycles. The van der Waals surface area contributed by atoms with Gasteiger partial charge in [-0.05, 0) is 24.3 Å². The maximum Gasteiger partial charge on any atom is 0.328 e. The van der Waals surface area contributed by atoms with Crippen LogP contribution < -0.4 is 15.5 Å². The van der Waals surface area contributed by atoms with E-state index in [9.17, 15) is 14.4 Å². The lowest BCUT2D eigenvalue weighted by atomic mass is 10.2. The summed E-state index contributed by atoms with van der Waals surface area (Å²) >= 11 is 0. The number of urea groups is 1. The van der Waals surface area contributed by atoms with Gasteiger partial charge in [-0.3, -0.25) is 10.1 Å². The Balaban J connectivity index is 2.54. The molecule has 1 aromatic carbocycles. The third-order valence-electron chi connectivity index (χ3n) is 2.26. The normalized spacial score (nSPS) is 10.1. The molecule has 7 nitrogen and oxygen atoms in total. The van der Waals surface area contributed by atoms with Crippen molar-refractivity contribution < 1.29 is 19.5 Å². The maximum absolute atomic E-state index is 11.5. The first-order valence-electron chi connectivity index (χ1n) is 5.69. The summed E-state index contributed by atoms with van der Waals surface area (Å²) in [5, 5.41) is 12.8. The van der Waals surface area contributed by atoms with E-state index in [4.69, 9.17) is 5.11 Å². The minimum atomic E-state index is -1.26. The van der Waals surface area contributed by atoms with E-state index in [1.54, 1.807) is 12.1 Å². The summed E-state index contributed by atoms with van der Waals surface area (Å²) in [6.07, 6.45) is 1.41. The van der Waals surface area contributed by atoms with Crippen molar-refractivity contribution in [2.24, 2.45) is 0 Å². The number of carboxylic acids is 1. The van der Waals surface area contributed by atoms with Crippen LogP contribution in [0, 0.1) is 0 Å². The van der Waals surface area contributed by atoms with E-state index in [1.165, 1.54) is 0 Å². The Labute approximate surface area is 115 Å². The second-order valence-corrected chi connectivity index (χ2v) is 4.06. The minimum absolute atomic E-state index is 0.517. The zero-order valence-corrected chi connectivity index (χ0v) is 11.1. The van der Waals surface area contributed by atoms with Gasteiger partial charge in [0.05, 0.1) is 0 Å². The van der Waals surface area contributed by atoms with Gasteiger partial charge in [0.15, 0.2) is 0 Å². The fraction of sp³-hybridized carbons (Fsp3) is 0.154. The molecular formula is C13H15N3O4. The molecule has 0 aliphatic rings. The Bertz CT molecular complexity index is 535. The molecule has 1 rings (SSSR count). The fourth-order valence-corrected chi connectivity index (χ4v) is 1.31. The number of nitrogens with one attached hydrogen (secondary N) is 2. The van der Waals surface area contributed by atoms with E-state index in [0.29, 0.717) is 11.8 Å². The number of rotatable bonds is 4. The topological polar surface area (TPSA) is 98.7 Å². The van der Waals surface area contributed by atoms with Crippen LogP contribution in [0.2, 0.25) is 0 Å². The molecule has 0 heterocycles. The molecule has 0 aromatic heterocycles. The van der Waals surface area contributed by atoms with Crippen LogP contribution in [0.4, 0.5) is 16.2 Å². The van der Waals surface area contributed by atoms with Crippen LogP contribution in [0.5, 0.6) is 0 Å². The Kier molecular flexibility index (Phi) is 5.28. The molecule has 0 radical (unpaired) electrons. The third-order valence-corrected chi connectivity index (χ3v) is 2.26. The van der Waals surface area contributed by atoms with Crippen LogP contribution in [0.25, 0.3) is 0 Å². The van der Waals surface area contributed by atoms with Gasteiger partial charge in [0.25, 0.3) is 5.91 Å². The van der Waals surface area contributed by atoms with Gasteiger partial charge in [-0.25, -0.2) is 9.59 Å². The first-order valence-corrected chi connectivity index (χ1v) is 5.69. The van der Waals surface area contributed by atoms with Crippen LogP contribution in [-0.2, 0) is 9.59 Å². The highest BCUT2D eigenvalue weighted by atomic mass is 16.4. The molecule has 3 amide bonds. The summed E-state index contributed by atoms with van der Waals surface area (Å²) in [5.74, 6) is -2.07. The van der Waals surface area contributed by atoms with Crippen molar-refractivity contribution in [1.29, 1.82) is 0 Å². The molecule has 7 heteroatoms. The van der Waals surface area contributed by atoms with Crippen molar-refractivity contribution in [3.05, 3.63) is 36.4 Å². The Morgan fingerprint density at radius 2 is 1.70 bits per heavy atom. The minimum Gasteiger partial charge on any atom is -0.478 e. The first kappa shape index (κ1) is 15.2. The number of anilines is 2. The molecule has 0 saturated heterocycles. The predicted octanol–water partition coefficient (Wildman–Crippen LogP) is 1.04. The van der Waals surface area contributed by atoms with E-state index in [2.05, 4.69) is 5.32 Å². The van der Waals surface area contributed by atoms with Crippen molar-refractivity contribution in [3.63, 3.8) is 0 Å². The van der Waals surface area contributed by atoms with E-state index in [-0.39, 0.29) is 0 Å². The van der Waals surface area contributed by atoms with Crippen molar-refractivity contribution in [3.8, 4) is 0 Å². The molecule has 0 unspecified atom stereocenters. The number of benzene rings is 1. The quantitative estimate of drug-likeness (QED) is 0.714. The second-order valence-electron chi connectivity index (χ2n) is 4.06. The summed E-state index contributed by atoms with van der Waals surface area (Å²) in [5.41, 5.74) is 1.49. The molecular weight excluding hydrogens is 262 g/mol. The van der Waals surface area contributed by atoms with Crippen molar-refractivity contribution in [2.45, 2.75) is 0 Å². The second kappa shape index (κ2) is 6.93. The average molecular weight is 277 g/mol. The SMILES string of the molecule is CN(C)c1ccc(NC(=O)NC(=O)/C=C/C(=O)O)cc1. The van der Waals surface area contributed by atoms with Gasteiger partial charge in [-0.15, -0.1) is 0 Å². The number of carbonyl (C=O) groups is 3. The average Bonchev–Trinajstić information content (AvgIpc) is 2.36. The van der Waals surface area contributed by atoms with Gasteiger partial charge in [0.2, 0.25) is 0 Å². The van der Waals surface area contributed by atoms with Crippen molar-refractivity contribution in [2.75, 3.05) is 24.3 Å². The van der Waals surface area contributed by atoms with E-state index in [1.807, 2.05) is 36.4 Å². The van der Waals surface area contributed by atoms with Gasteiger partial charge < -0.3 is 15.3 Å². The number of carbonyl (C=O) groups excluding carboxylic acids is 2. The summed E-state index contributed by atoms with van der Waals surface area (Å²) in [6, 6.07) is 6.25. The molecule has 0 atom stereocenters. The molecule has 106 valence electrons. The van der Waals surface area contributed by atoms with Gasteiger partial charge in [0.1, 0.15) is 0 Å². The van der Waals surface area contributed by atoms with Crippen molar-refractivity contribution >= 4 is 29.3 Å². The summed E-state index contributed by atoms with van der Waals surface area (Å²) in [6.45, 7) is 0. The first-order chi connectivity index (χ1) is 9.38. The molecule has 1 aromatic rings. The summed E-state index contributed by atoms with van der Waals surface area (Å²) in [4.78, 5) is 34.7. The van der Waals surface area contributed by atoms with Gasteiger partial charge in [-0.1, -0.05) is 0 Å². The molecule has 20 heavy (non-hydrogen) atoms. The lowest BCUT2D eigenvalue weighted by Crippen LogP contribution is -2.33. The van der Waals surface area contributed by atoms with Gasteiger partial charge in [-0.2, -0.15) is 0 Å². The largest absolute Gasteiger partial charge is 0.478 e. The van der Waals surface area contributed by atoms with Crippen LogP contribution in [-0.4, -0.2) is 37.1 Å². The molecule has 0 bridgehead atoms. The number of nitrogens with zero attached hydrogens (tertiary/aromatic N) is 1. The number of hydrogen-bond acceptors (Lipinski definition) is 4. The maximum atomic E-state index is 11.5. The lowest BCUT2D eigenvalue weighted by molar-refractivity contribution is -0.131. The Morgan fingerprint density at radius 3 is 2.20 bits per heavy atom. The summed E-state index contributed by atoms with van der Waals surface area (Å²) < 4.78 is 0. The van der Waals surface area contributed by atoms with E-state index >= 15 is 0 Å². The molecule has 0 saturated carbocycles. The van der Waals surface area contributed by atoms with Crippen LogP contribution in [0.15, 0.2) is 36.4 Å². The molecule has 3 N–H and O–H groups in total. The highest BCUT2D eigenvalue weighted by Gasteiger charge is 2.05. The van der Waals surface area contributed by atoms with Crippen LogP contribution in [0.1, 0.15) is 0 Å².